The van der Waals surface area contributed by atoms with Crippen LogP contribution in [0.1, 0.15) is 11.3 Å². The first kappa shape index (κ1) is 11.4. The van der Waals surface area contributed by atoms with Crippen molar-refractivity contribution in [2.75, 3.05) is 0 Å². The minimum atomic E-state index is -0.168. The van der Waals surface area contributed by atoms with E-state index in [-0.39, 0.29) is 6.10 Å². The molecule has 0 aliphatic carbocycles. The lowest BCUT2D eigenvalue weighted by Gasteiger charge is -2.13. The van der Waals surface area contributed by atoms with Crippen LogP contribution in [0.4, 0.5) is 0 Å². The topological polar surface area (TPSA) is 55.0 Å². The van der Waals surface area contributed by atoms with E-state index in [1.54, 1.807) is 6.20 Å². The zero-order chi connectivity index (χ0) is 11.9. The normalized spacial score (nSPS) is 12.0. The van der Waals surface area contributed by atoms with Crippen LogP contribution in [0.25, 0.3) is 0 Å². The molecule has 0 bridgehead atoms. The Bertz CT molecular complexity index is 440. The SMILES string of the molecule is O=COC(Cc1ccccc1)Cc1cc[nH]n1. The van der Waals surface area contributed by atoms with Gasteiger partial charge in [0.25, 0.3) is 6.47 Å². The fourth-order valence-corrected chi connectivity index (χ4v) is 1.76. The number of carbonyl (C=O) groups is 1. The Morgan fingerprint density at radius 2 is 2.06 bits per heavy atom. The second kappa shape index (κ2) is 5.84. The van der Waals surface area contributed by atoms with Gasteiger partial charge in [-0.1, -0.05) is 30.3 Å². The number of hydrogen-bond acceptors (Lipinski definition) is 3. The van der Waals surface area contributed by atoms with Gasteiger partial charge in [0, 0.05) is 19.0 Å². The Hall–Kier alpha value is -2.10. The first-order valence-electron chi connectivity index (χ1n) is 5.50. The number of carbonyl (C=O) groups excluding carboxylic acids is 1. The number of H-pyrrole nitrogens is 1. The molecule has 0 amide bonds. The Balaban J connectivity index is 2.00. The van der Waals surface area contributed by atoms with Crippen LogP contribution in [0.2, 0.25) is 0 Å². The molecule has 1 unspecified atom stereocenters. The molecule has 1 N–H and O–H groups in total. The van der Waals surface area contributed by atoms with Crippen molar-refractivity contribution in [3.63, 3.8) is 0 Å². The highest BCUT2D eigenvalue weighted by molar-refractivity contribution is 5.37. The van der Waals surface area contributed by atoms with Gasteiger partial charge in [-0.2, -0.15) is 5.10 Å². The lowest BCUT2D eigenvalue weighted by molar-refractivity contribution is -0.133. The summed E-state index contributed by atoms with van der Waals surface area (Å²) in [5.74, 6) is 0. The summed E-state index contributed by atoms with van der Waals surface area (Å²) in [5.41, 5.74) is 2.04. The number of aromatic nitrogens is 2. The smallest absolute Gasteiger partial charge is 0.293 e. The Kier molecular flexibility index (Phi) is 3.91. The average Bonchev–Trinajstić information content (AvgIpc) is 2.83. The van der Waals surface area contributed by atoms with E-state index in [2.05, 4.69) is 10.2 Å². The summed E-state index contributed by atoms with van der Waals surface area (Å²) in [4.78, 5) is 10.5. The molecule has 1 atom stereocenters. The summed E-state index contributed by atoms with van der Waals surface area (Å²) >= 11 is 0. The number of rotatable bonds is 6. The van der Waals surface area contributed by atoms with Crippen molar-refractivity contribution >= 4 is 6.47 Å². The first-order valence-corrected chi connectivity index (χ1v) is 5.50. The monoisotopic (exact) mass is 230 g/mol. The van der Waals surface area contributed by atoms with Gasteiger partial charge in [-0.3, -0.25) is 9.89 Å². The van der Waals surface area contributed by atoms with Crippen LogP contribution in [0.15, 0.2) is 42.6 Å². The molecule has 4 heteroatoms. The van der Waals surface area contributed by atoms with Crippen LogP contribution in [-0.2, 0) is 22.4 Å². The highest BCUT2D eigenvalue weighted by Gasteiger charge is 2.12. The van der Waals surface area contributed by atoms with Crippen molar-refractivity contribution < 1.29 is 9.53 Å². The molecule has 0 saturated heterocycles. The van der Waals surface area contributed by atoms with Crippen LogP contribution < -0.4 is 0 Å². The molecule has 0 radical (unpaired) electrons. The van der Waals surface area contributed by atoms with Gasteiger partial charge >= 0.3 is 0 Å². The second-order valence-corrected chi connectivity index (χ2v) is 3.81. The van der Waals surface area contributed by atoms with E-state index < -0.39 is 0 Å². The number of nitrogens with one attached hydrogen (secondary N) is 1. The van der Waals surface area contributed by atoms with E-state index >= 15 is 0 Å². The summed E-state index contributed by atoms with van der Waals surface area (Å²) in [5, 5.41) is 6.81. The fraction of sp³-hybridized carbons (Fsp3) is 0.231. The molecule has 0 spiro atoms. The van der Waals surface area contributed by atoms with E-state index in [0.717, 1.165) is 11.3 Å². The van der Waals surface area contributed by atoms with Gasteiger partial charge in [-0.25, -0.2) is 0 Å². The summed E-state index contributed by atoms with van der Waals surface area (Å²) in [6, 6.07) is 11.8. The summed E-state index contributed by atoms with van der Waals surface area (Å²) < 4.78 is 5.08. The lowest BCUT2D eigenvalue weighted by Crippen LogP contribution is -2.18. The molecular weight excluding hydrogens is 216 g/mol. The average molecular weight is 230 g/mol. The van der Waals surface area contributed by atoms with Crippen LogP contribution in [0, 0.1) is 0 Å². The van der Waals surface area contributed by atoms with Crippen molar-refractivity contribution in [2.45, 2.75) is 18.9 Å². The van der Waals surface area contributed by atoms with Gasteiger partial charge in [-0.05, 0) is 11.6 Å². The van der Waals surface area contributed by atoms with Crippen LogP contribution in [0.5, 0.6) is 0 Å². The molecule has 0 aliphatic heterocycles. The van der Waals surface area contributed by atoms with E-state index in [9.17, 15) is 4.79 Å². The zero-order valence-electron chi connectivity index (χ0n) is 9.37. The molecule has 17 heavy (non-hydrogen) atoms. The molecule has 0 saturated carbocycles. The standard InChI is InChI=1S/C13H14N2O2/c16-10-17-13(9-12-6-7-14-15-12)8-11-4-2-1-3-5-11/h1-7,10,13H,8-9H2,(H,14,15). The number of aromatic amines is 1. The maximum absolute atomic E-state index is 10.5. The third kappa shape index (κ3) is 3.45. The van der Waals surface area contributed by atoms with Crippen LogP contribution in [-0.4, -0.2) is 22.8 Å². The predicted molar refractivity (Wildman–Crippen MR) is 63.4 cm³/mol. The summed E-state index contributed by atoms with van der Waals surface area (Å²) in [6.07, 6.45) is 2.91. The lowest BCUT2D eigenvalue weighted by atomic mass is 10.0. The van der Waals surface area contributed by atoms with E-state index in [1.807, 2.05) is 36.4 Å². The van der Waals surface area contributed by atoms with Crippen molar-refractivity contribution in [1.82, 2.24) is 10.2 Å². The summed E-state index contributed by atoms with van der Waals surface area (Å²) in [6.45, 7) is 0.500. The minimum absolute atomic E-state index is 0.168. The van der Waals surface area contributed by atoms with E-state index in [4.69, 9.17) is 4.74 Å². The van der Waals surface area contributed by atoms with Crippen molar-refractivity contribution in [1.29, 1.82) is 0 Å². The van der Waals surface area contributed by atoms with Crippen molar-refractivity contribution in [3.8, 4) is 0 Å². The Morgan fingerprint density at radius 3 is 2.71 bits per heavy atom. The first-order chi connectivity index (χ1) is 8.38. The molecule has 2 rings (SSSR count). The number of ether oxygens (including phenoxy) is 1. The molecule has 0 aliphatic rings. The highest BCUT2D eigenvalue weighted by atomic mass is 16.5. The van der Waals surface area contributed by atoms with Crippen molar-refractivity contribution in [2.24, 2.45) is 0 Å². The highest BCUT2D eigenvalue weighted by Crippen LogP contribution is 2.09. The number of nitrogens with zero attached hydrogens (tertiary/aromatic N) is 1. The fourth-order valence-electron chi connectivity index (χ4n) is 1.76. The number of benzene rings is 1. The quantitative estimate of drug-likeness (QED) is 0.769. The maximum atomic E-state index is 10.5. The summed E-state index contributed by atoms with van der Waals surface area (Å²) in [7, 11) is 0. The third-order valence-electron chi connectivity index (χ3n) is 2.55. The van der Waals surface area contributed by atoms with Gasteiger partial charge in [0.15, 0.2) is 0 Å². The zero-order valence-corrected chi connectivity index (χ0v) is 9.37. The van der Waals surface area contributed by atoms with Gasteiger partial charge in [-0.15, -0.1) is 0 Å². The van der Waals surface area contributed by atoms with Gasteiger partial charge < -0.3 is 4.74 Å². The largest absolute Gasteiger partial charge is 0.464 e. The molecule has 1 heterocycles. The minimum Gasteiger partial charge on any atom is -0.464 e. The van der Waals surface area contributed by atoms with Crippen LogP contribution >= 0.6 is 0 Å². The molecule has 4 nitrogen and oxygen atoms in total. The van der Waals surface area contributed by atoms with Gasteiger partial charge in [0.1, 0.15) is 6.10 Å². The second-order valence-electron chi connectivity index (χ2n) is 3.81. The Labute approximate surface area is 99.6 Å². The van der Waals surface area contributed by atoms with Gasteiger partial charge in [0.05, 0.1) is 5.69 Å². The molecule has 1 aromatic heterocycles. The molecule has 1 aromatic carbocycles. The Morgan fingerprint density at radius 1 is 1.24 bits per heavy atom. The molecule has 2 aromatic rings. The predicted octanol–water partition coefficient (Wildman–Crippen LogP) is 1.74. The van der Waals surface area contributed by atoms with E-state index in [1.165, 1.54) is 0 Å². The molecule has 88 valence electrons. The van der Waals surface area contributed by atoms with Crippen LogP contribution in [0.3, 0.4) is 0 Å². The number of hydrogen-bond donors (Lipinski definition) is 1. The third-order valence-corrected chi connectivity index (χ3v) is 2.55. The maximum Gasteiger partial charge on any atom is 0.293 e. The van der Waals surface area contributed by atoms with E-state index in [0.29, 0.717) is 19.3 Å². The molecule has 0 fully saturated rings. The molecular formula is C13H14N2O2. The van der Waals surface area contributed by atoms with Crippen molar-refractivity contribution in [3.05, 3.63) is 53.9 Å². The van der Waals surface area contributed by atoms with Gasteiger partial charge in [0.2, 0.25) is 0 Å².